The summed E-state index contributed by atoms with van der Waals surface area (Å²) in [6.07, 6.45) is -0.597. The average Bonchev–Trinajstić information content (AvgIpc) is 3.95. The quantitative estimate of drug-likeness (QED) is 0.0733. The van der Waals surface area contributed by atoms with Crippen molar-refractivity contribution in [2.45, 2.75) is 59.7 Å². The molecule has 12 nitrogen and oxygen atoms in total. The Kier molecular flexibility index (Phi) is 19.2. The van der Waals surface area contributed by atoms with Gasteiger partial charge in [-0.15, -0.1) is 22.7 Å². The number of aliphatic hydroxyl groups excluding tert-OH is 2. The van der Waals surface area contributed by atoms with Crippen molar-refractivity contribution in [1.82, 2.24) is 20.6 Å². The first kappa shape index (κ1) is 54.8. The SMILES string of the molecule is CC.CCc1cc(-c2c(Br)sc3c(F)cccc23)nc(C(O)CNC(=O)c2ccc(OC)c(OC)c2)c1.CCc1cc(-c2c(C)sc3c(F)cccc23)nc(C(O)CNC(=O)c2ccc(OC)c(OC)c2)c1. The summed E-state index contributed by atoms with van der Waals surface area (Å²) in [5.74, 6) is 0.657. The molecule has 4 N–H and O–H groups in total. The number of benzene rings is 4. The van der Waals surface area contributed by atoms with Crippen LogP contribution in [0.4, 0.5) is 8.78 Å². The van der Waals surface area contributed by atoms with Crippen LogP contribution in [0.25, 0.3) is 42.7 Å². The fourth-order valence-electron chi connectivity index (χ4n) is 7.79. The number of carbonyl (C=O) groups is 2. The zero-order valence-electron chi connectivity index (χ0n) is 41.4. The van der Waals surface area contributed by atoms with Gasteiger partial charge in [-0.3, -0.25) is 9.59 Å². The van der Waals surface area contributed by atoms with Gasteiger partial charge >= 0.3 is 0 Å². The van der Waals surface area contributed by atoms with E-state index in [9.17, 15) is 28.6 Å². The van der Waals surface area contributed by atoms with Crippen LogP contribution < -0.4 is 29.6 Å². The molecule has 0 saturated carbocycles. The lowest BCUT2D eigenvalue weighted by atomic mass is 10.0. The number of ether oxygens (including phenoxy) is 4. The highest BCUT2D eigenvalue weighted by Gasteiger charge is 2.22. The van der Waals surface area contributed by atoms with Gasteiger partial charge in [0, 0.05) is 51.0 Å². The van der Waals surface area contributed by atoms with Crippen LogP contribution in [-0.2, 0) is 12.8 Å². The number of nitrogens with zero attached hydrogens (tertiary/aromatic N) is 2. The van der Waals surface area contributed by atoms with Crippen molar-refractivity contribution in [3.63, 3.8) is 0 Å². The van der Waals surface area contributed by atoms with Gasteiger partial charge in [-0.2, -0.15) is 0 Å². The number of aryl methyl sites for hydroxylation is 3. The lowest BCUT2D eigenvalue weighted by Crippen LogP contribution is -2.28. The minimum atomic E-state index is -1.04. The number of rotatable bonds is 16. The summed E-state index contributed by atoms with van der Waals surface area (Å²) in [4.78, 5) is 35.7. The van der Waals surface area contributed by atoms with Crippen LogP contribution in [-0.4, -0.2) is 73.5 Å². The van der Waals surface area contributed by atoms with Crippen LogP contribution >= 0.6 is 38.6 Å². The van der Waals surface area contributed by atoms with Gasteiger partial charge < -0.3 is 39.8 Å². The second kappa shape index (κ2) is 25.2. The van der Waals surface area contributed by atoms with Gasteiger partial charge in [0.25, 0.3) is 11.8 Å². The standard InChI is InChI=1S/C27H27FN2O4S.C26H24BrFN2O4S.C2H6/c1-5-16-11-20(22(31)14-29-27(32)17-9-10-23(33-3)24(13-17)34-4)30-21(12-16)25-15(2)35-26-18(25)7-6-8-19(26)28;1-4-14-10-18(20(31)13-29-26(32)15-8-9-21(33-2)22(12-15)34-3)30-19(11-14)23-16-6-5-7-17(28)24(16)35-25(23)27;1-2/h6-13,22,31H,5,14H2,1-4H3,(H,29,32);5-12,20,31H,4,13H2,1-3H3,(H,29,32);1-2H3. The van der Waals surface area contributed by atoms with Crippen LogP contribution in [0.3, 0.4) is 0 Å². The predicted octanol–water partition coefficient (Wildman–Crippen LogP) is 12.4. The third kappa shape index (κ3) is 12.4. The van der Waals surface area contributed by atoms with E-state index in [1.807, 2.05) is 71.0 Å². The van der Waals surface area contributed by atoms with Crippen molar-refractivity contribution in [2.24, 2.45) is 0 Å². The number of fused-ring (bicyclic) bond motifs is 2. The monoisotopic (exact) mass is 1080 g/mol. The van der Waals surface area contributed by atoms with Crippen LogP contribution in [0.5, 0.6) is 23.0 Å². The number of nitrogens with one attached hydrogen (secondary N) is 2. The summed E-state index contributed by atoms with van der Waals surface area (Å²) in [5, 5.41) is 28.8. The molecule has 2 amide bonds. The van der Waals surface area contributed by atoms with Crippen molar-refractivity contribution in [2.75, 3.05) is 41.5 Å². The fourth-order valence-corrected chi connectivity index (χ4v) is 10.7. The number of thiophene rings is 2. The highest BCUT2D eigenvalue weighted by Crippen LogP contribution is 2.43. The van der Waals surface area contributed by atoms with Crippen molar-refractivity contribution in [3.05, 3.63) is 151 Å². The number of hydrogen-bond acceptors (Lipinski definition) is 12. The molecule has 4 aromatic carbocycles. The van der Waals surface area contributed by atoms with E-state index in [1.165, 1.54) is 63.2 Å². The molecular formula is C55H57BrF2N4O8S2. The van der Waals surface area contributed by atoms with Crippen molar-refractivity contribution in [1.29, 1.82) is 0 Å². The van der Waals surface area contributed by atoms with E-state index in [-0.39, 0.29) is 36.5 Å². The molecule has 0 aliphatic rings. The molecule has 2 unspecified atom stereocenters. The minimum absolute atomic E-state index is 0.0230. The lowest BCUT2D eigenvalue weighted by molar-refractivity contribution is 0.0907. The van der Waals surface area contributed by atoms with Gasteiger partial charge in [-0.25, -0.2) is 18.7 Å². The van der Waals surface area contributed by atoms with Crippen LogP contribution in [0.15, 0.2) is 101 Å². The topological polar surface area (TPSA) is 161 Å². The van der Waals surface area contributed by atoms with Crippen molar-refractivity contribution < 1.29 is 47.5 Å². The van der Waals surface area contributed by atoms with E-state index in [0.29, 0.717) is 66.3 Å². The molecule has 17 heteroatoms. The Bertz CT molecular complexity index is 2990. The molecule has 2 atom stereocenters. The molecule has 0 aliphatic heterocycles. The highest BCUT2D eigenvalue weighted by atomic mass is 79.9. The van der Waals surface area contributed by atoms with E-state index in [1.54, 1.807) is 48.5 Å². The third-order valence-corrected chi connectivity index (χ3v) is 14.5. The Labute approximate surface area is 434 Å². The number of aliphatic hydroxyl groups is 2. The number of carbonyl (C=O) groups excluding carboxylic acids is 2. The molecule has 8 rings (SSSR count). The Balaban J connectivity index is 0.000000228. The van der Waals surface area contributed by atoms with Crippen LogP contribution in [0.1, 0.15) is 88.0 Å². The zero-order chi connectivity index (χ0) is 52.2. The molecular weight excluding hydrogens is 1030 g/mol. The maximum atomic E-state index is 14.3. The Morgan fingerprint density at radius 3 is 1.46 bits per heavy atom. The van der Waals surface area contributed by atoms with Gasteiger partial charge in [0.05, 0.1) is 64.4 Å². The highest BCUT2D eigenvalue weighted by molar-refractivity contribution is 9.11. The van der Waals surface area contributed by atoms with Gasteiger partial charge in [-0.1, -0.05) is 52.0 Å². The number of pyridine rings is 2. The largest absolute Gasteiger partial charge is 0.493 e. The Morgan fingerprint density at radius 1 is 0.611 bits per heavy atom. The minimum Gasteiger partial charge on any atom is -0.493 e. The number of halogens is 3. The maximum Gasteiger partial charge on any atom is 0.251 e. The molecule has 4 aromatic heterocycles. The first-order valence-corrected chi connectivity index (χ1v) is 25.6. The maximum absolute atomic E-state index is 14.3. The van der Waals surface area contributed by atoms with Gasteiger partial charge in [-0.05, 0) is 120 Å². The van der Waals surface area contributed by atoms with E-state index < -0.39 is 12.2 Å². The third-order valence-electron chi connectivity index (χ3n) is 11.5. The van der Waals surface area contributed by atoms with Gasteiger partial charge in [0.15, 0.2) is 23.0 Å². The molecule has 8 aromatic rings. The van der Waals surface area contributed by atoms with Gasteiger partial charge in [0.2, 0.25) is 0 Å². The first-order chi connectivity index (χ1) is 34.7. The van der Waals surface area contributed by atoms with Crippen molar-refractivity contribution >= 4 is 70.6 Å². The summed E-state index contributed by atoms with van der Waals surface area (Å²) in [6, 6.07) is 27.3. The molecule has 72 heavy (non-hydrogen) atoms. The molecule has 0 aliphatic carbocycles. The normalized spacial score (nSPS) is 11.7. The summed E-state index contributed by atoms with van der Waals surface area (Å²) in [7, 11) is 6.04. The van der Waals surface area contributed by atoms with Crippen molar-refractivity contribution in [3.8, 4) is 45.5 Å². The van der Waals surface area contributed by atoms with E-state index in [4.69, 9.17) is 23.9 Å². The zero-order valence-corrected chi connectivity index (χ0v) is 44.6. The summed E-state index contributed by atoms with van der Waals surface area (Å²) >= 11 is 6.26. The molecule has 0 radical (unpaired) electrons. The molecule has 0 saturated heterocycles. The van der Waals surface area contributed by atoms with E-state index >= 15 is 0 Å². The molecule has 0 spiro atoms. The predicted molar refractivity (Wildman–Crippen MR) is 286 cm³/mol. The summed E-state index contributed by atoms with van der Waals surface area (Å²) < 4.78 is 51.5. The summed E-state index contributed by atoms with van der Waals surface area (Å²) in [6.45, 7) is 9.91. The lowest BCUT2D eigenvalue weighted by Gasteiger charge is -2.15. The second-order valence-corrected chi connectivity index (χ2v) is 19.4. The average molecular weight is 1080 g/mol. The second-order valence-electron chi connectivity index (χ2n) is 15.9. The van der Waals surface area contributed by atoms with Gasteiger partial charge in [0.1, 0.15) is 23.8 Å². The number of hydrogen-bond donors (Lipinski definition) is 4. The number of aromatic nitrogens is 2. The Hall–Kier alpha value is -6.50. The number of methoxy groups -OCH3 is 4. The first-order valence-electron chi connectivity index (χ1n) is 23.1. The molecule has 378 valence electrons. The Morgan fingerprint density at radius 2 is 1.03 bits per heavy atom. The molecule has 0 bridgehead atoms. The number of amides is 2. The van der Waals surface area contributed by atoms with E-state index in [0.717, 1.165) is 54.5 Å². The van der Waals surface area contributed by atoms with E-state index in [2.05, 4.69) is 31.5 Å². The summed E-state index contributed by atoms with van der Waals surface area (Å²) in [5.41, 5.74) is 6.55. The molecule has 0 fully saturated rings. The van der Waals surface area contributed by atoms with Crippen LogP contribution in [0, 0.1) is 18.6 Å². The smallest absolute Gasteiger partial charge is 0.251 e. The molecule has 4 heterocycles. The fraction of sp³-hybridized carbons (Fsp3) is 0.273. The van der Waals surface area contributed by atoms with Crippen LogP contribution in [0.2, 0.25) is 0 Å².